The van der Waals surface area contributed by atoms with E-state index in [0.29, 0.717) is 5.88 Å². The molecule has 1 rings (SSSR count). The van der Waals surface area contributed by atoms with Crippen LogP contribution in [0.5, 0.6) is 0 Å². The van der Waals surface area contributed by atoms with E-state index in [2.05, 4.69) is 43.5 Å². The highest BCUT2D eigenvalue weighted by atomic mass is 127. The third-order valence-electron chi connectivity index (χ3n) is 1.01. The fraction of sp³-hybridized carbons (Fsp3) is 0.167. The van der Waals surface area contributed by atoms with E-state index in [1.54, 1.807) is 6.20 Å². The molecule has 0 saturated carbocycles. The van der Waals surface area contributed by atoms with Crippen LogP contribution in [-0.2, 0) is 5.88 Å². The molecule has 0 amide bonds. The molecule has 0 saturated heterocycles. The molecule has 0 atom stereocenters. The Hall–Kier alpha value is 0.650. The van der Waals surface area contributed by atoms with E-state index in [4.69, 9.17) is 11.6 Å². The van der Waals surface area contributed by atoms with E-state index in [1.807, 2.05) is 6.07 Å². The zero-order chi connectivity index (χ0) is 7.56. The van der Waals surface area contributed by atoms with Crippen LogP contribution in [0, 0.1) is 3.57 Å². The largest absolute Gasteiger partial charge is 0.258 e. The molecule has 1 nitrogen and oxygen atoms in total. The zero-order valence-corrected chi connectivity index (χ0v) is 9.44. The van der Waals surface area contributed by atoms with Gasteiger partial charge < -0.3 is 0 Å². The first-order chi connectivity index (χ1) is 4.74. The Morgan fingerprint density at radius 2 is 2.40 bits per heavy atom. The average Bonchev–Trinajstić information content (AvgIpc) is 1.88. The van der Waals surface area contributed by atoms with Gasteiger partial charge in [0, 0.05) is 14.2 Å². The van der Waals surface area contributed by atoms with Gasteiger partial charge in [-0.3, -0.25) is 4.98 Å². The van der Waals surface area contributed by atoms with Crippen molar-refractivity contribution in [2.45, 2.75) is 5.88 Å². The quantitative estimate of drug-likeness (QED) is 0.569. The molecule has 4 heteroatoms. The zero-order valence-electron chi connectivity index (χ0n) is 4.94. The SMILES string of the molecule is ClCc1ncc(I)cc1Br. The normalized spacial score (nSPS) is 9.90. The second kappa shape index (κ2) is 3.88. The van der Waals surface area contributed by atoms with E-state index in [9.17, 15) is 0 Å². The number of rotatable bonds is 1. The number of pyridine rings is 1. The van der Waals surface area contributed by atoms with Gasteiger partial charge in [-0.05, 0) is 44.6 Å². The highest BCUT2D eigenvalue weighted by Gasteiger charge is 1.98. The molecule has 0 radical (unpaired) electrons. The summed E-state index contributed by atoms with van der Waals surface area (Å²) < 4.78 is 2.09. The fourth-order valence-corrected chi connectivity index (χ4v) is 2.28. The molecule has 0 spiro atoms. The van der Waals surface area contributed by atoms with Gasteiger partial charge in [-0.15, -0.1) is 11.6 Å². The van der Waals surface area contributed by atoms with Gasteiger partial charge in [-0.1, -0.05) is 0 Å². The summed E-state index contributed by atoms with van der Waals surface area (Å²) in [6, 6.07) is 1.99. The topological polar surface area (TPSA) is 12.9 Å². The van der Waals surface area contributed by atoms with E-state index in [1.165, 1.54) is 0 Å². The summed E-state index contributed by atoms with van der Waals surface area (Å²) in [4.78, 5) is 4.11. The molecule has 0 fully saturated rings. The Balaban J connectivity index is 3.07. The van der Waals surface area contributed by atoms with Crippen LogP contribution in [0.1, 0.15) is 5.69 Å². The third-order valence-corrected chi connectivity index (χ3v) is 2.54. The lowest BCUT2D eigenvalue weighted by molar-refractivity contribution is 1.14. The smallest absolute Gasteiger partial charge is 0.0693 e. The van der Waals surface area contributed by atoms with E-state index in [-0.39, 0.29) is 0 Å². The van der Waals surface area contributed by atoms with Gasteiger partial charge in [0.25, 0.3) is 0 Å². The molecule has 0 unspecified atom stereocenters. The molecule has 1 aromatic rings. The van der Waals surface area contributed by atoms with E-state index >= 15 is 0 Å². The Kier molecular flexibility index (Phi) is 3.39. The number of hydrogen-bond acceptors (Lipinski definition) is 1. The van der Waals surface area contributed by atoms with Crippen LogP contribution in [0.3, 0.4) is 0 Å². The Morgan fingerprint density at radius 3 is 2.90 bits per heavy atom. The number of hydrogen-bond donors (Lipinski definition) is 0. The standard InChI is InChI=1S/C6H4BrClIN/c7-5-1-4(9)3-10-6(5)2-8/h1,3H,2H2. The summed E-state index contributed by atoms with van der Waals surface area (Å²) in [6.45, 7) is 0. The number of alkyl halides is 1. The monoisotopic (exact) mass is 331 g/mol. The molecule has 0 aliphatic rings. The summed E-state index contributed by atoms with van der Waals surface area (Å²) in [5.74, 6) is 0.456. The van der Waals surface area contributed by atoms with Crippen molar-refractivity contribution in [2.75, 3.05) is 0 Å². The highest BCUT2D eigenvalue weighted by Crippen LogP contribution is 2.18. The summed E-state index contributed by atoms with van der Waals surface area (Å²) in [5, 5.41) is 0. The maximum Gasteiger partial charge on any atom is 0.0693 e. The van der Waals surface area contributed by atoms with Gasteiger partial charge in [0.1, 0.15) is 0 Å². The van der Waals surface area contributed by atoms with Gasteiger partial charge in [-0.25, -0.2) is 0 Å². The van der Waals surface area contributed by atoms with Crippen LogP contribution < -0.4 is 0 Å². The first-order valence-corrected chi connectivity index (χ1v) is 5.00. The number of nitrogens with zero attached hydrogens (tertiary/aromatic N) is 1. The van der Waals surface area contributed by atoms with Crippen molar-refractivity contribution in [3.05, 3.63) is 26.0 Å². The molecule has 1 aromatic heterocycles. The van der Waals surface area contributed by atoms with Crippen molar-refractivity contribution in [2.24, 2.45) is 0 Å². The average molecular weight is 332 g/mol. The minimum absolute atomic E-state index is 0.456. The molecular formula is C6H4BrClIN. The molecule has 0 N–H and O–H groups in total. The van der Waals surface area contributed by atoms with Crippen LogP contribution in [0.15, 0.2) is 16.7 Å². The molecule has 0 aliphatic carbocycles. The van der Waals surface area contributed by atoms with Crippen LogP contribution in [-0.4, -0.2) is 4.98 Å². The third kappa shape index (κ3) is 2.07. The predicted molar refractivity (Wildman–Crippen MR) is 54.2 cm³/mol. The van der Waals surface area contributed by atoms with Crippen molar-refractivity contribution in [3.63, 3.8) is 0 Å². The second-order valence-electron chi connectivity index (χ2n) is 1.72. The van der Waals surface area contributed by atoms with Crippen LogP contribution in [0.25, 0.3) is 0 Å². The summed E-state index contributed by atoms with van der Waals surface area (Å²) >= 11 is 11.1. The first kappa shape index (κ1) is 8.74. The molecule has 0 bridgehead atoms. The molecule has 0 aliphatic heterocycles. The summed E-state index contributed by atoms with van der Waals surface area (Å²) in [7, 11) is 0. The summed E-state index contributed by atoms with van der Waals surface area (Å²) in [5.41, 5.74) is 0.891. The van der Waals surface area contributed by atoms with Gasteiger partial charge in [-0.2, -0.15) is 0 Å². The number of halogens is 3. The Bertz CT molecular complexity index is 241. The second-order valence-corrected chi connectivity index (χ2v) is 4.08. The molecule has 54 valence electrons. The van der Waals surface area contributed by atoms with Crippen LogP contribution >= 0.6 is 50.1 Å². The van der Waals surface area contributed by atoms with Crippen LogP contribution in [0.4, 0.5) is 0 Å². The van der Waals surface area contributed by atoms with Gasteiger partial charge in [0.15, 0.2) is 0 Å². The summed E-state index contributed by atoms with van der Waals surface area (Å²) in [6.07, 6.45) is 1.79. The maximum atomic E-state index is 5.59. The number of aromatic nitrogens is 1. The predicted octanol–water partition coefficient (Wildman–Crippen LogP) is 3.19. The van der Waals surface area contributed by atoms with E-state index in [0.717, 1.165) is 13.7 Å². The molecule has 0 aromatic carbocycles. The van der Waals surface area contributed by atoms with Gasteiger partial charge in [0.2, 0.25) is 0 Å². The van der Waals surface area contributed by atoms with Crippen molar-refractivity contribution in [1.29, 1.82) is 0 Å². The van der Waals surface area contributed by atoms with Gasteiger partial charge in [0.05, 0.1) is 11.6 Å². The Morgan fingerprint density at radius 1 is 1.70 bits per heavy atom. The Labute approximate surface area is 86.4 Å². The minimum Gasteiger partial charge on any atom is -0.258 e. The van der Waals surface area contributed by atoms with Crippen molar-refractivity contribution in [3.8, 4) is 0 Å². The molecule has 10 heavy (non-hydrogen) atoms. The first-order valence-electron chi connectivity index (χ1n) is 2.60. The van der Waals surface area contributed by atoms with Crippen molar-refractivity contribution >= 4 is 50.1 Å². The lowest BCUT2D eigenvalue weighted by Crippen LogP contribution is -1.86. The fourth-order valence-electron chi connectivity index (χ4n) is 0.541. The maximum absolute atomic E-state index is 5.59. The lowest BCUT2D eigenvalue weighted by Gasteiger charge is -1.97. The highest BCUT2D eigenvalue weighted by molar-refractivity contribution is 14.1. The van der Waals surface area contributed by atoms with E-state index < -0.39 is 0 Å². The van der Waals surface area contributed by atoms with Crippen molar-refractivity contribution in [1.82, 2.24) is 4.98 Å². The molecule has 1 heterocycles. The lowest BCUT2D eigenvalue weighted by atomic mass is 10.4. The molecular weight excluding hydrogens is 328 g/mol. The van der Waals surface area contributed by atoms with Crippen molar-refractivity contribution < 1.29 is 0 Å². The van der Waals surface area contributed by atoms with Crippen LogP contribution in [0.2, 0.25) is 0 Å². The minimum atomic E-state index is 0.456. The van der Waals surface area contributed by atoms with Gasteiger partial charge >= 0.3 is 0 Å².